The highest BCUT2D eigenvalue weighted by molar-refractivity contribution is 5.41. The second-order valence-electron chi connectivity index (χ2n) is 4.60. The smallest absolute Gasteiger partial charge is 0.126 e. The van der Waals surface area contributed by atoms with Crippen LogP contribution in [0.3, 0.4) is 0 Å². The molecule has 0 saturated heterocycles. The van der Waals surface area contributed by atoms with E-state index in [1.165, 1.54) is 16.7 Å². The highest BCUT2D eigenvalue weighted by Gasteiger charge is 2.09. The molecule has 94 valence electrons. The maximum Gasteiger partial charge on any atom is 0.126 e. The molecule has 2 heterocycles. The lowest BCUT2D eigenvalue weighted by Gasteiger charge is -2.07. The first kappa shape index (κ1) is 11.7. The van der Waals surface area contributed by atoms with Gasteiger partial charge in [-0.15, -0.1) is 0 Å². The third kappa shape index (κ3) is 2.56. The molecule has 3 rings (SSSR count). The average Bonchev–Trinajstić information content (AvgIpc) is 2.93. The predicted molar refractivity (Wildman–Crippen MR) is 73.3 cm³/mol. The quantitative estimate of drug-likeness (QED) is 0.876. The summed E-state index contributed by atoms with van der Waals surface area (Å²) in [5, 5.41) is 15.3. The Morgan fingerprint density at radius 3 is 2.89 bits per heavy atom. The summed E-state index contributed by atoms with van der Waals surface area (Å²) in [6.45, 7) is 2.67. The lowest BCUT2D eigenvalue weighted by Crippen LogP contribution is -2.02. The molecule has 1 aliphatic heterocycles. The summed E-state index contributed by atoms with van der Waals surface area (Å²) in [7, 11) is 0. The van der Waals surface area contributed by atoms with Crippen molar-refractivity contribution in [3.8, 4) is 6.07 Å². The van der Waals surface area contributed by atoms with E-state index in [4.69, 9.17) is 5.26 Å². The average molecular weight is 250 g/mol. The van der Waals surface area contributed by atoms with E-state index >= 15 is 0 Å². The van der Waals surface area contributed by atoms with Crippen molar-refractivity contribution in [2.24, 2.45) is 0 Å². The molecule has 0 bridgehead atoms. The summed E-state index contributed by atoms with van der Waals surface area (Å²) in [5.74, 6) is 0.789. The van der Waals surface area contributed by atoms with Crippen molar-refractivity contribution in [2.75, 3.05) is 5.32 Å². The van der Waals surface area contributed by atoms with Gasteiger partial charge < -0.3 is 10.6 Å². The van der Waals surface area contributed by atoms with Crippen LogP contribution in [0.1, 0.15) is 22.3 Å². The molecule has 0 radical (unpaired) electrons. The van der Waals surface area contributed by atoms with Crippen molar-refractivity contribution in [3.63, 3.8) is 0 Å². The van der Waals surface area contributed by atoms with Gasteiger partial charge in [0.25, 0.3) is 0 Å². The standard InChI is InChI=1S/C15H14N4/c16-6-12-2-4-15(19-8-12)18-7-11-1-3-13-9-17-10-14(13)5-11/h1-5,8,17H,7,9-10H2,(H,18,19). The third-order valence-corrected chi connectivity index (χ3v) is 3.27. The SMILES string of the molecule is N#Cc1ccc(NCc2ccc3c(c2)CNC3)nc1. The first-order chi connectivity index (χ1) is 9.35. The molecule has 19 heavy (non-hydrogen) atoms. The lowest BCUT2D eigenvalue weighted by molar-refractivity contribution is 0.764. The van der Waals surface area contributed by atoms with Crippen LogP contribution in [0.2, 0.25) is 0 Å². The molecule has 4 nitrogen and oxygen atoms in total. The normalized spacial score (nSPS) is 12.8. The predicted octanol–water partition coefficient (Wildman–Crippen LogP) is 2.17. The fourth-order valence-electron chi connectivity index (χ4n) is 2.22. The zero-order chi connectivity index (χ0) is 13.1. The zero-order valence-corrected chi connectivity index (χ0v) is 10.5. The monoisotopic (exact) mass is 250 g/mol. The van der Waals surface area contributed by atoms with Crippen LogP contribution in [0, 0.1) is 11.3 Å². The minimum absolute atomic E-state index is 0.578. The molecule has 0 amide bonds. The number of hydrogen-bond donors (Lipinski definition) is 2. The molecular formula is C15H14N4. The molecule has 2 aromatic rings. The Hall–Kier alpha value is -2.38. The van der Waals surface area contributed by atoms with Crippen LogP contribution in [0.25, 0.3) is 0 Å². The molecular weight excluding hydrogens is 236 g/mol. The first-order valence-corrected chi connectivity index (χ1v) is 6.26. The fourth-order valence-corrected chi connectivity index (χ4v) is 2.22. The third-order valence-electron chi connectivity index (χ3n) is 3.27. The van der Waals surface area contributed by atoms with Gasteiger partial charge in [0.15, 0.2) is 0 Å². The Balaban J connectivity index is 1.67. The molecule has 0 saturated carbocycles. The number of pyridine rings is 1. The molecule has 0 spiro atoms. The number of rotatable bonds is 3. The topological polar surface area (TPSA) is 60.7 Å². The van der Waals surface area contributed by atoms with E-state index in [0.29, 0.717) is 5.56 Å². The Morgan fingerprint density at radius 1 is 1.21 bits per heavy atom. The first-order valence-electron chi connectivity index (χ1n) is 6.26. The van der Waals surface area contributed by atoms with Crippen LogP contribution in [-0.2, 0) is 19.6 Å². The van der Waals surface area contributed by atoms with Crippen molar-refractivity contribution in [1.29, 1.82) is 5.26 Å². The van der Waals surface area contributed by atoms with Crippen LogP contribution >= 0.6 is 0 Å². The highest BCUT2D eigenvalue weighted by Crippen LogP contribution is 2.17. The zero-order valence-electron chi connectivity index (χ0n) is 10.5. The summed E-state index contributed by atoms with van der Waals surface area (Å²) in [4.78, 5) is 4.19. The van der Waals surface area contributed by atoms with Gasteiger partial charge in [0.2, 0.25) is 0 Å². The Morgan fingerprint density at radius 2 is 2.11 bits per heavy atom. The number of benzene rings is 1. The van der Waals surface area contributed by atoms with E-state index in [1.807, 2.05) is 6.07 Å². The Kier molecular flexibility index (Phi) is 3.13. The van der Waals surface area contributed by atoms with Gasteiger partial charge >= 0.3 is 0 Å². The maximum absolute atomic E-state index is 8.71. The van der Waals surface area contributed by atoms with Crippen LogP contribution in [0.15, 0.2) is 36.5 Å². The number of nitriles is 1. The van der Waals surface area contributed by atoms with Crippen molar-refractivity contribution < 1.29 is 0 Å². The van der Waals surface area contributed by atoms with Crippen molar-refractivity contribution in [3.05, 3.63) is 58.8 Å². The summed E-state index contributed by atoms with van der Waals surface area (Å²) in [6, 6.07) is 12.2. The molecule has 0 fully saturated rings. The van der Waals surface area contributed by atoms with Crippen LogP contribution < -0.4 is 10.6 Å². The Labute approximate surface area is 112 Å². The largest absolute Gasteiger partial charge is 0.366 e. The maximum atomic E-state index is 8.71. The van der Waals surface area contributed by atoms with E-state index in [0.717, 1.165) is 25.5 Å². The minimum atomic E-state index is 0.578. The van der Waals surface area contributed by atoms with Gasteiger partial charge in [-0.25, -0.2) is 4.98 Å². The second-order valence-corrected chi connectivity index (χ2v) is 4.60. The van der Waals surface area contributed by atoms with E-state index in [9.17, 15) is 0 Å². The minimum Gasteiger partial charge on any atom is -0.366 e. The van der Waals surface area contributed by atoms with Crippen LogP contribution in [-0.4, -0.2) is 4.98 Å². The molecule has 1 aliphatic rings. The van der Waals surface area contributed by atoms with Gasteiger partial charge in [0.1, 0.15) is 11.9 Å². The summed E-state index contributed by atoms with van der Waals surface area (Å²) < 4.78 is 0. The van der Waals surface area contributed by atoms with Crippen molar-refractivity contribution in [2.45, 2.75) is 19.6 Å². The molecule has 1 aromatic carbocycles. The van der Waals surface area contributed by atoms with Crippen molar-refractivity contribution >= 4 is 5.82 Å². The summed E-state index contributed by atoms with van der Waals surface area (Å²) in [6.07, 6.45) is 1.58. The van der Waals surface area contributed by atoms with E-state index in [-0.39, 0.29) is 0 Å². The fraction of sp³-hybridized carbons (Fsp3) is 0.200. The molecule has 1 aromatic heterocycles. The van der Waals surface area contributed by atoms with E-state index in [2.05, 4.69) is 39.9 Å². The van der Waals surface area contributed by atoms with Gasteiger partial charge in [-0.3, -0.25) is 0 Å². The van der Waals surface area contributed by atoms with Gasteiger partial charge in [-0.05, 0) is 28.8 Å². The van der Waals surface area contributed by atoms with Gasteiger partial charge in [0, 0.05) is 25.8 Å². The molecule has 0 unspecified atom stereocenters. The lowest BCUT2D eigenvalue weighted by atomic mass is 10.1. The van der Waals surface area contributed by atoms with Gasteiger partial charge in [-0.2, -0.15) is 5.26 Å². The highest BCUT2D eigenvalue weighted by atomic mass is 15.0. The van der Waals surface area contributed by atoms with Gasteiger partial charge in [0.05, 0.1) is 5.56 Å². The summed E-state index contributed by atoms with van der Waals surface area (Å²) in [5.41, 5.74) is 4.59. The number of aromatic nitrogens is 1. The number of hydrogen-bond acceptors (Lipinski definition) is 4. The molecule has 0 aliphatic carbocycles. The number of nitrogens with one attached hydrogen (secondary N) is 2. The van der Waals surface area contributed by atoms with Crippen LogP contribution in [0.5, 0.6) is 0 Å². The number of anilines is 1. The molecule has 0 atom stereocenters. The van der Waals surface area contributed by atoms with Gasteiger partial charge in [-0.1, -0.05) is 18.2 Å². The second kappa shape index (κ2) is 5.09. The molecule has 4 heteroatoms. The van der Waals surface area contributed by atoms with E-state index < -0.39 is 0 Å². The molecule has 2 N–H and O–H groups in total. The Bertz CT molecular complexity index is 626. The summed E-state index contributed by atoms with van der Waals surface area (Å²) >= 11 is 0. The van der Waals surface area contributed by atoms with E-state index in [1.54, 1.807) is 12.3 Å². The van der Waals surface area contributed by atoms with Crippen molar-refractivity contribution in [1.82, 2.24) is 10.3 Å². The van der Waals surface area contributed by atoms with Crippen LogP contribution in [0.4, 0.5) is 5.82 Å². The number of nitrogens with zero attached hydrogens (tertiary/aromatic N) is 2. The number of fused-ring (bicyclic) bond motifs is 1.